The summed E-state index contributed by atoms with van der Waals surface area (Å²) in [5.41, 5.74) is 6.12. The molecule has 25 heavy (non-hydrogen) atoms. The highest BCUT2D eigenvalue weighted by Gasteiger charge is 2.42. The van der Waals surface area contributed by atoms with Crippen molar-refractivity contribution < 1.29 is 18.4 Å². The van der Waals surface area contributed by atoms with Crippen LogP contribution in [0.25, 0.3) is 0 Å². The van der Waals surface area contributed by atoms with Crippen molar-refractivity contribution in [2.45, 2.75) is 32.2 Å². The maximum absolute atomic E-state index is 13.4. The standard InChI is InChI=1S/C18H23F2N3O2/c1-11-3-2-7-23(16(11)10-21)18(25)13-6-8-22(17(13)24)12-4-5-14(19)15(20)9-12/h4-5,9,11,13,16H,2-3,6-8,10,21H2,1H3. The quantitative estimate of drug-likeness (QED) is 0.846. The average molecular weight is 351 g/mol. The Morgan fingerprint density at radius 3 is 2.68 bits per heavy atom. The Labute approximate surface area is 145 Å². The van der Waals surface area contributed by atoms with Crippen molar-refractivity contribution >= 4 is 17.5 Å². The van der Waals surface area contributed by atoms with Crippen molar-refractivity contribution in [2.75, 3.05) is 24.5 Å². The second-order valence-electron chi connectivity index (χ2n) is 6.88. The lowest BCUT2D eigenvalue weighted by Crippen LogP contribution is -2.54. The molecule has 0 bridgehead atoms. The van der Waals surface area contributed by atoms with E-state index in [1.807, 2.05) is 0 Å². The maximum atomic E-state index is 13.4. The van der Waals surface area contributed by atoms with Gasteiger partial charge in [-0.05, 0) is 37.3 Å². The summed E-state index contributed by atoms with van der Waals surface area (Å²) in [6.45, 7) is 3.37. The van der Waals surface area contributed by atoms with E-state index >= 15 is 0 Å². The molecule has 0 aliphatic carbocycles. The van der Waals surface area contributed by atoms with Crippen LogP contribution in [0.5, 0.6) is 0 Å². The second-order valence-corrected chi connectivity index (χ2v) is 6.88. The number of benzene rings is 1. The first kappa shape index (κ1) is 17.8. The Bertz CT molecular complexity index is 682. The number of carbonyl (C=O) groups is 2. The van der Waals surface area contributed by atoms with Crippen LogP contribution < -0.4 is 10.6 Å². The lowest BCUT2D eigenvalue weighted by Gasteiger charge is -2.40. The first-order chi connectivity index (χ1) is 11.9. The summed E-state index contributed by atoms with van der Waals surface area (Å²) in [6.07, 6.45) is 2.29. The predicted octanol–water partition coefficient (Wildman–Crippen LogP) is 1.90. The van der Waals surface area contributed by atoms with Gasteiger partial charge < -0.3 is 15.5 Å². The molecule has 3 unspecified atom stereocenters. The Morgan fingerprint density at radius 2 is 2.00 bits per heavy atom. The highest BCUT2D eigenvalue weighted by atomic mass is 19.2. The molecule has 136 valence electrons. The molecule has 2 amide bonds. The van der Waals surface area contributed by atoms with E-state index < -0.39 is 17.6 Å². The Morgan fingerprint density at radius 1 is 1.24 bits per heavy atom. The van der Waals surface area contributed by atoms with Gasteiger partial charge in [-0.1, -0.05) is 6.92 Å². The number of amides is 2. The van der Waals surface area contributed by atoms with Crippen LogP contribution in [0.4, 0.5) is 14.5 Å². The molecule has 3 atom stereocenters. The highest BCUT2D eigenvalue weighted by molar-refractivity contribution is 6.09. The van der Waals surface area contributed by atoms with Crippen LogP contribution >= 0.6 is 0 Å². The fraction of sp³-hybridized carbons (Fsp3) is 0.556. The number of piperidine rings is 1. The normalized spacial score (nSPS) is 27.0. The van der Waals surface area contributed by atoms with E-state index in [1.54, 1.807) is 4.90 Å². The maximum Gasteiger partial charge on any atom is 0.239 e. The lowest BCUT2D eigenvalue weighted by molar-refractivity contribution is -0.143. The summed E-state index contributed by atoms with van der Waals surface area (Å²) in [6, 6.07) is 3.29. The number of hydrogen-bond donors (Lipinski definition) is 1. The van der Waals surface area contributed by atoms with Crippen molar-refractivity contribution in [2.24, 2.45) is 17.6 Å². The van der Waals surface area contributed by atoms with Crippen molar-refractivity contribution in [1.82, 2.24) is 4.90 Å². The van der Waals surface area contributed by atoms with Crippen molar-refractivity contribution in [3.63, 3.8) is 0 Å². The molecule has 3 rings (SSSR count). The molecule has 0 aromatic heterocycles. The van der Waals surface area contributed by atoms with Crippen LogP contribution in [-0.2, 0) is 9.59 Å². The van der Waals surface area contributed by atoms with E-state index in [4.69, 9.17) is 5.73 Å². The summed E-state index contributed by atoms with van der Waals surface area (Å²) in [5, 5.41) is 0. The van der Waals surface area contributed by atoms with Crippen molar-refractivity contribution in [3.8, 4) is 0 Å². The van der Waals surface area contributed by atoms with E-state index in [0.29, 0.717) is 32.0 Å². The Kier molecular flexibility index (Phi) is 5.03. The van der Waals surface area contributed by atoms with E-state index in [-0.39, 0.29) is 23.5 Å². The Hall–Kier alpha value is -2.02. The minimum absolute atomic E-state index is 0.0497. The molecule has 2 N–H and O–H groups in total. The van der Waals surface area contributed by atoms with Gasteiger partial charge in [0.1, 0.15) is 5.92 Å². The third-order valence-corrected chi connectivity index (χ3v) is 5.36. The van der Waals surface area contributed by atoms with Gasteiger partial charge in [-0.25, -0.2) is 8.78 Å². The molecule has 2 fully saturated rings. The monoisotopic (exact) mass is 351 g/mol. The minimum Gasteiger partial charge on any atom is -0.337 e. The zero-order valence-electron chi connectivity index (χ0n) is 14.3. The summed E-state index contributed by atoms with van der Waals surface area (Å²) in [4.78, 5) is 28.7. The number of rotatable bonds is 3. The Balaban J connectivity index is 1.76. The largest absolute Gasteiger partial charge is 0.337 e. The van der Waals surface area contributed by atoms with Gasteiger partial charge in [0.2, 0.25) is 11.8 Å². The predicted molar refractivity (Wildman–Crippen MR) is 89.8 cm³/mol. The summed E-state index contributed by atoms with van der Waals surface area (Å²) in [7, 11) is 0. The topological polar surface area (TPSA) is 66.6 Å². The molecule has 2 heterocycles. The average Bonchev–Trinajstić information content (AvgIpc) is 2.98. The van der Waals surface area contributed by atoms with Crippen LogP contribution in [0.2, 0.25) is 0 Å². The van der Waals surface area contributed by atoms with Gasteiger partial charge in [-0.3, -0.25) is 9.59 Å². The first-order valence-electron chi connectivity index (χ1n) is 8.71. The van der Waals surface area contributed by atoms with E-state index in [0.717, 1.165) is 25.0 Å². The molecule has 7 heteroatoms. The van der Waals surface area contributed by atoms with Gasteiger partial charge in [-0.2, -0.15) is 0 Å². The highest BCUT2D eigenvalue weighted by Crippen LogP contribution is 2.30. The number of halogens is 2. The van der Waals surface area contributed by atoms with Crippen LogP contribution in [0.1, 0.15) is 26.2 Å². The summed E-state index contributed by atoms with van der Waals surface area (Å²) >= 11 is 0. The first-order valence-corrected chi connectivity index (χ1v) is 8.71. The molecule has 2 aliphatic rings. The van der Waals surface area contributed by atoms with Crippen LogP contribution in [0, 0.1) is 23.5 Å². The lowest BCUT2D eigenvalue weighted by atomic mass is 9.89. The molecule has 2 saturated heterocycles. The zero-order valence-corrected chi connectivity index (χ0v) is 14.3. The third kappa shape index (κ3) is 3.25. The minimum atomic E-state index is -1.01. The van der Waals surface area contributed by atoms with Gasteiger partial charge in [0, 0.05) is 37.4 Å². The third-order valence-electron chi connectivity index (χ3n) is 5.36. The summed E-state index contributed by atoms with van der Waals surface area (Å²) < 4.78 is 26.5. The molecule has 5 nitrogen and oxygen atoms in total. The molecular weight excluding hydrogens is 328 g/mol. The van der Waals surface area contributed by atoms with Gasteiger partial charge in [0.05, 0.1) is 0 Å². The number of nitrogens with two attached hydrogens (primary N) is 1. The molecular formula is C18H23F2N3O2. The van der Waals surface area contributed by atoms with Crippen molar-refractivity contribution in [1.29, 1.82) is 0 Å². The van der Waals surface area contributed by atoms with Gasteiger partial charge >= 0.3 is 0 Å². The molecule has 1 aromatic rings. The number of likely N-dealkylation sites (tertiary alicyclic amines) is 1. The van der Waals surface area contributed by atoms with E-state index in [2.05, 4.69) is 6.92 Å². The SMILES string of the molecule is CC1CCCN(C(=O)C2CCN(c3ccc(F)c(F)c3)C2=O)C1CN. The fourth-order valence-electron chi connectivity index (χ4n) is 3.90. The number of anilines is 1. The van der Waals surface area contributed by atoms with Gasteiger partial charge in [0.15, 0.2) is 11.6 Å². The molecule has 0 spiro atoms. The van der Waals surface area contributed by atoms with Crippen molar-refractivity contribution in [3.05, 3.63) is 29.8 Å². The molecule has 2 aliphatic heterocycles. The number of carbonyl (C=O) groups excluding carboxylic acids is 2. The van der Waals surface area contributed by atoms with Crippen LogP contribution in [0.15, 0.2) is 18.2 Å². The number of nitrogens with zero attached hydrogens (tertiary/aromatic N) is 2. The fourth-order valence-corrected chi connectivity index (χ4v) is 3.90. The molecule has 0 saturated carbocycles. The summed E-state index contributed by atoms with van der Waals surface area (Å²) in [5.74, 6) is -2.99. The number of hydrogen-bond acceptors (Lipinski definition) is 3. The second kappa shape index (κ2) is 7.07. The van der Waals surface area contributed by atoms with Gasteiger partial charge in [0.25, 0.3) is 0 Å². The van der Waals surface area contributed by atoms with E-state index in [9.17, 15) is 18.4 Å². The zero-order chi connectivity index (χ0) is 18.1. The molecule has 1 aromatic carbocycles. The molecule has 0 radical (unpaired) electrons. The van der Waals surface area contributed by atoms with E-state index in [1.165, 1.54) is 11.0 Å². The smallest absolute Gasteiger partial charge is 0.239 e. The van der Waals surface area contributed by atoms with Gasteiger partial charge in [-0.15, -0.1) is 0 Å². The van der Waals surface area contributed by atoms with Crippen LogP contribution in [0.3, 0.4) is 0 Å². The van der Waals surface area contributed by atoms with Crippen LogP contribution in [-0.4, -0.2) is 42.4 Å².